The van der Waals surface area contributed by atoms with Gasteiger partial charge in [0, 0.05) is 26.1 Å². The summed E-state index contributed by atoms with van der Waals surface area (Å²) in [6.45, 7) is 2.44. The second-order valence-electron chi connectivity index (χ2n) is 4.92. The Morgan fingerprint density at radius 3 is 2.44 bits per heavy atom. The first-order valence-electron chi connectivity index (χ1n) is 6.40. The van der Waals surface area contributed by atoms with Gasteiger partial charge >= 0.3 is 0 Å². The highest BCUT2D eigenvalue weighted by Crippen LogP contribution is 2.40. The fourth-order valence-electron chi connectivity index (χ4n) is 2.65. The van der Waals surface area contributed by atoms with Crippen LogP contribution >= 0.6 is 0 Å². The predicted molar refractivity (Wildman–Crippen MR) is 65.5 cm³/mol. The van der Waals surface area contributed by atoms with Gasteiger partial charge in [-0.05, 0) is 6.42 Å². The van der Waals surface area contributed by atoms with E-state index in [0.717, 1.165) is 6.42 Å². The third-order valence-corrected chi connectivity index (χ3v) is 3.79. The Hall–Kier alpha value is -0.135. The second-order valence-corrected chi connectivity index (χ2v) is 4.92. The summed E-state index contributed by atoms with van der Waals surface area (Å²) in [5.74, 6) is 0.211. The number of rotatable bonds is 6. The van der Waals surface area contributed by atoms with E-state index >= 15 is 0 Å². The Morgan fingerprint density at radius 2 is 1.94 bits per heavy atom. The van der Waals surface area contributed by atoms with Crippen molar-refractivity contribution in [2.75, 3.05) is 20.8 Å². The minimum absolute atomic E-state index is 0.133. The molecule has 0 spiro atoms. The molecule has 0 bridgehead atoms. The van der Waals surface area contributed by atoms with E-state index in [9.17, 15) is 5.11 Å². The number of hydrogen-bond acceptors (Lipinski definition) is 5. The summed E-state index contributed by atoms with van der Waals surface area (Å²) in [6, 6.07) is -0.517. The van der Waals surface area contributed by atoms with Gasteiger partial charge in [-0.15, -0.1) is 0 Å². The molecule has 1 N–H and O–H groups in total. The Labute approximate surface area is 109 Å². The van der Waals surface area contributed by atoms with Crippen molar-refractivity contribution in [3.05, 3.63) is 0 Å². The van der Waals surface area contributed by atoms with Gasteiger partial charge in [0.2, 0.25) is 0 Å². The molecule has 7 atom stereocenters. The maximum absolute atomic E-state index is 9.72. The van der Waals surface area contributed by atoms with Crippen LogP contribution in [0.4, 0.5) is 0 Å². The van der Waals surface area contributed by atoms with Crippen molar-refractivity contribution in [1.29, 1.82) is 0 Å². The maximum atomic E-state index is 9.72. The zero-order valence-corrected chi connectivity index (χ0v) is 11.1. The first-order chi connectivity index (χ1) is 8.63. The zero-order chi connectivity index (χ0) is 13.3. The van der Waals surface area contributed by atoms with Crippen LogP contribution in [-0.4, -0.2) is 70.3 Å². The molecule has 7 unspecified atom stereocenters. The van der Waals surface area contributed by atoms with Gasteiger partial charge in [-0.3, -0.25) is 0 Å². The molecule has 2 rings (SSSR count). The number of aliphatic hydroxyl groups is 1. The molecule has 2 fully saturated rings. The molecular formula is C12H21BO5. The van der Waals surface area contributed by atoms with Gasteiger partial charge < -0.3 is 24.1 Å². The number of aliphatic hydroxyl groups excluding tert-OH is 1. The van der Waals surface area contributed by atoms with E-state index in [0.29, 0.717) is 6.61 Å². The molecule has 1 aliphatic carbocycles. The van der Waals surface area contributed by atoms with Crippen LogP contribution in [0.5, 0.6) is 0 Å². The first kappa shape index (κ1) is 14.3. The highest BCUT2D eigenvalue weighted by atomic mass is 16.6. The normalized spacial score (nSPS) is 47.4. The lowest BCUT2D eigenvalue weighted by Gasteiger charge is -2.23. The van der Waals surface area contributed by atoms with Crippen molar-refractivity contribution in [2.45, 2.75) is 49.9 Å². The molecule has 18 heavy (non-hydrogen) atoms. The summed E-state index contributed by atoms with van der Waals surface area (Å²) in [5, 5.41) is 9.72. The van der Waals surface area contributed by atoms with Crippen LogP contribution in [0.25, 0.3) is 0 Å². The van der Waals surface area contributed by atoms with Crippen molar-refractivity contribution >= 4 is 7.85 Å². The van der Waals surface area contributed by atoms with Crippen LogP contribution in [0.2, 0.25) is 0 Å². The van der Waals surface area contributed by atoms with E-state index in [1.54, 1.807) is 14.2 Å². The van der Waals surface area contributed by atoms with Gasteiger partial charge in [0.05, 0.1) is 18.8 Å². The molecule has 6 heteroatoms. The highest BCUT2D eigenvalue weighted by Gasteiger charge is 2.54. The van der Waals surface area contributed by atoms with Gasteiger partial charge in [-0.2, -0.15) is 0 Å². The fourth-order valence-corrected chi connectivity index (χ4v) is 2.65. The van der Waals surface area contributed by atoms with E-state index in [-0.39, 0.29) is 36.4 Å². The Morgan fingerprint density at radius 1 is 1.22 bits per heavy atom. The molecule has 102 valence electrons. The van der Waals surface area contributed by atoms with E-state index in [1.165, 1.54) is 0 Å². The summed E-state index contributed by atoms with van der Waals surface area (Å²) >= 11 is 0. The third-order valence-electron chi connectivity index (χ3n) is 3.79. The SMILES string of the molecule is [B]C1OC(COC)C(OC2C(O)C2CC)C1OC. The quantitative estimate of drug-likeness (QED) is 0.661. The van der Waals surface area contributed by atoms with Crippen LogP contribution in [0, 0.1) is 5.92 Å². The van der Waals surface area contributed by atoms with Gasteiger partial charge in [-0.1, -0.05) is 6.92 Å². The largest absolute Gasteiger partial charge is 0.390 e. The average molecular weight is 256 g/mol. The number of hydrogen-bond donors (Lipinski definition) is 1. The van der Waals surface area contributed by atoms with Crippen molar-refractivity contribution in [3.63, 3.8) is 0 Å². The third kappa shape index (κ3) is 2.58. The average Bonchev–Trinajstić information content (AvgIpc) is 2.86. The van der Waals surface area contributed by atoms with Crippen LogP contribution in [0.3, 0.4) is 0 Å². The van der Waals surface area contributed by atoms with Crippen molar-refractivity contribution in [2.24, 2.45) is 5.92 Å². The van der Waals surface area contributed by atoms with Crippen LogP contribution in [0.1, 0.15) is 13.3 Å². The second kappa shape index (κ2) is 5.88. The lowest BCUT2D eigenvalue weighted by molar-refractivity contribution is -0.0827. The molecule has 0 aromatic carbocycles. The van der Waals surface area contributed by atoms with E-state index < -0.39 is 6.00 Å². The summed E-state index contributed by atoms with van der Waals surface area (Å²) < 4.78 is 21.9. The molecule has 1 heterocycles. The molecule has 0 amide bonds. The molecule has 5 nitrogen and oxygen atoms in total. The minimum atomic E-state index is -0.517. The molecule has 2 aliphatic rings. The molecule has 0 aromatic rings. The monoisotopic (exact) mass is 256 g/mol. The van der Waals surface area contributed by atoms with Gasteiger partial charge in [0.1, 0.15) is 26.2 Å². The smallest absolute Gasteiger partial charge is 0.114 e. The standard InChI is InChI=1S/C12H21BO5/c1-4-6-8(14)9(6)18-10-7(5-15-2)17-12(13)11(10)16-3/h6-12,14H,4-5H2,1-3H3. The molecule has 2 radical (unpaired) electrons. The Balaban J connectivity index is 1.97. The minimum Gasteiger partial charge on any atom is -0.390 e. The van der Waals surface area contributed by atoms with Crippen molar-refractivity contribution in [1.82, 2.24) is 0 Å². The topological polar surface area (TPSA) is 57.2 Å². The molecular weight excluding hydrogens is 235 g/mol. The van der Waals surface area contributed by atoms with Crippen molar-refractivity contribution < 1.29 is 24.1 Å². The summed E-state index contributed by atoms with van der Waals surface area (Å²) in [6.07, 6.45) is -0.479. The molecule has 1 saturated carbocycles. The van der Waals surface area contributed by atoms with E-state index in [1.807, 2.05) is 6.92 Å². The maximum Gasteiger partial charge on any atom is 0.114 e. The lowest BCUT2D eigenvalue weighted by atomic mass is 9.93. The van der Waals surface area contributed by atoms with E-state index in [2.05, 4.69) is 0 Å². The predicted octanol–water partition coefficient (Wildman–Crippen LogP) is -0.304. The Kier molecular flexibility index (Phi) is 4.67. The molecule has 1 saturated heterocycles. The van der Waals surface area contributed by atoms with Crippen LogP contribution < -0.4 is 0 Å². The van der Waals surface area contributed by atoms with Crippen molar-refractivity contribution in [3.8, 4) is 0 Å². The first-order valence-corrected chi connectivity index (χ1v) is 6.40. The zero-order valence-electron chi connectivity index (χ0n) is 11.1. The highest BCUT2D eigenvalue weighted by molar-refractivity contribution is 6.11. The van der Waals surface area contributed by atoms with Gasteiger partial charge in [0.15, 0.2) is 0 Å². The number of methoxy groups -OCH3 is 2. The Bertz CT molecular complexity index is 277. The molecule has 1 aliphatic heterocycles. The summed E-state index contributed by atoms with van der Waals surface area (Å²) in [4.78, 5) is 0. The van der Waals surface area contributed by atoms with Gasteiger partial charge in [0.25, 0.3) is 0 Å². The fraction of sp³-hybridized carbons (Fsp3) is 1.00. The van der Waals surface area contributed by atoms with E-state index in [4.69, 9.17) is 26.8 Å². The number of ether oxygens (including phenoxy) is 4. The van der Waals surface area contributed by atoms with Gasteiger partial charge in [-0.25, -0.2) is 0 Å². The molecule has 0 aromatic heterocycles. The lowest BCUT2D eigenvalue weighted by Crippen LogP contribution is -2.39. The summed E-state index contributed by atoms with van der Waals surface area (Å²) in [5.41, 5.74) is 0. The van der Waals surface area contributed by atoms with Crippen LogP contribution in [-0.2, 0) is 18.9 Å². The van der Waals surface area contributed by atoms with Crippen LogP contribution in [0.15, 0.2) is 0 Å². The summed E-state index contributed by atoms with van der Waals surface area (Å²) in [7, 11) is 9.04.